The van der Waals surface area contributed by atoms with Gasteiger partial charge in [-0.25, -0.2) is 0 Å². The standard InChI is InChI=1S/C15H17NS/c1-3-4-5-12-13-8-6-11(2)7-9-14(13)17-15(12)10-16/h4-11,16H,3H2,1-2H3/b5-4-,16-10?. The lowest BCUT2D eigenvalue weighted by Gasteiger charge is -1.96. The van der Waals surface area contributed by atoms with Crippen LogP contribution in [0.5, 0.6) is 0 Å². The molecule has 0 aliphatic heterocycles. The SMILES string of the molecule is CC/C=C\c1c(C=N)sc2c1C=CC(C)C=C2. The molecule has 0 amide bonds. The average molecular weight is 243 g/mol. The van der Waals surface area contributed by atoms with Gasteiger partial charge in [0.2, 0.25) is 0 Å². The Morgan fingerprint density at radius 2 is 2.12 bits per heavy atom. The van der Waals surface area contributed by atoms with Crippen LogP contribution < -0.4 is 0 Å². The second kappa shape index (κ2) is 5.28. The highest BCUT2D eigenvalue weighted by Gasteiger charge is 2.13. The Balaban J connectivity index is 2.54. The zero-order chi connectivity index (χ0) is 12.3. The van der Waals surface area contributed by atoms with Crippen molar-refractivity contribution in [2.45, 2.75) is 20.3 Å². The summed E-state index contributed by atoms with van der Waals surface area (Å²) < 4.78 is 0. The summed E-state index contributed by atoms with van der Waals surface area (Å²) in [5.74, 6) is 0.487. The maximum absolute atomic E-state index is 7.50. The largest absolute Gasteiger partial charge is 0.307 e. The summed E-state index contributed by atoms with van der Waals surface area (Å²) in [4.78, 5) is 2.31. The Hall–Kier alpha value is -1.41. The van der Waals surface area contributed by atoms with E-state index in [1.54, 1.807) is 11.3 Å². The summed E-state index contributed by atoms with van der Waals surface area (Å²) in [7, 11) is 0. The summed E-state index contributed by atoms with van der Waals surface area (Å²) in [5, 5.41) is 7.50. The van der Waals surface area contributed by atoms with Crippen molar-refractivity contribution in [3.63, 3.8) is 0 Å². The van der Waals surface area contributed by atoms with Crippen LogP contribution >= 0.6 is 11.3 Å². The van der Waals surface area contributed by atoms with Gasteiger partial charge in [-0.15, -0.1) is 11.3 Å². The Morgan fingerprint density at radius 3 is 2.82 bits per heavy atom. The van der Waals surface area contributed by atoms with E-state index in [0.717, 1.165) is 11.3 Å². The number of nitrogens with one attached hydrogen (secondary N) is 1. The van der Waals surface area contributed by atoms with Gasteiger partial charge in [0.05, 0.1) is 4.88 Å². The molecular weight excluding hydrogens is 226 g/mol. The van der Waals surface area contributed by atoms with Gasteiger partial charge in [-0.1, -0.05) is 44.2 Å². The van der Waals surface area contributed by atoms with Gasteiger partial charge in [-0.05, 0) is 18.4 Å². The molecule has 0 fully saturated rings. The lowest BCUT2D eigenvalue weighted by atomic mass is 10.1. The number of thiophene rings is 1. The smallest absolute Gasteiger partial charge is 0.0530 e. The monoisotopic (exact) mass is 243 g/mol. The van der Waals surface area contributed by atoms with Crippen molar-refractivity contribution in [3.8, 4) is 0 Å². The van der Waals surface area contributed by atoms with Gasteiger partial charge in [0.1, 0.15) is 0 Å². The van der Waals surface area contributed by atoms with Gasteiger partial charge in [-0.3, -0.25) is 0 Å². The van der Waals surface area contributed by atoms with E-state index in [1.165, 1.54) is 22.2 Å². The van der Waals surface area contributed by atoms with Gasteiger partial charge in [0.15, 0.2) is 0 Å². The molecule has 1 aromatic heterocycles. The summed E-state index contributed by atoms with van der Waals surface area (Å²) in [6.07, 6.45) is 15.6. The molecule has 0 aromatic carbocycles. The number of hydrogen-bond acceptors (Lipinski definition) is 2. The van der Waals surface area contributed by atoms with Crippen molar-refractivity contribution < 1.29 is 0 Å². The van der Waals surface area contributed by atoms with E-state index in [1.807, 2.05) is 0 Å². The van der Waals surface area contributed by atoms with Crippen LogP contribution in [0, 0.1) is 11.3 Å². The van der Waals surface area contributed by atoms with Gasteiger partial charge in [0.25, 0.3) is 0 Å². The van der Waals surface area contributed by atoms with E-state index in [2.05, 4.69) is 50.3 Å². The van der Waals surface area contributed by atoms with Crippen LogP contribution in [-0.4, -0.2) is 6.21 Å². The molecule has 0 bridgehead atoms. The minimum Gasteiger partial charge on any atom is -0.307 e. The Labute approximate surface area is 107 Å². The molecule has 88 valence electrons. The van der Waals surface area contributed by atoms with E-state index >= 15 is 0 Å². The van der Waals surface area contributed by atoms with Crippen molar-refractivity contribution >= 4 is 35.8 Å². The fourth-order valence-electron chi connectivity index (χ4n) is 1.86. The zero-order valence-electron chi connectivity index (χ0n) is 10.2. The first-order chi connectivity index (χ1) is 8.26. The fourth-order valence-corrected chi connectivity index (χ4v) is 2.87. The van der Waals surface area contributed by atoms with Crippen LogP contribution in [0.15, 0.2) is 18.2 Å². The summed E-state index contributed by atoms with van der Waals surface area (Å²) in [5.41, 5.74) is 2.45. The third kappa shape index (κ3) is 2.47. The van der Waals surface area contributed by atoms with Crippen molar-refractivity contribution in [1.82, 2.24) is 0 Å². The van der Waals surface area contributed by atoms with E-state index in [-0.39, 0.29) is 0 Å². The van der Waals surface area contributed by atoms with E-state index in [9.17, 15) is 0 Å². The molecule has 2 heteroatoms. The average Bonchev–Trinajstić information content (AvgIpc) is 2.57. The van der Waals surface area contributed by atoms with Gasteiger partial charge < -0.3 is 5.41 Å². The van der Waals surface area contributed by atoms with Gasteiger partial charge in [0, 0.05) is 22.2 Å². The zero-order valence-corrected chi connectivity index (χ0v) is 11.1. The normalized spacial score (nSPS) is 18.4. The molecule has 0 saturated carbocycles. The topological polar surface area (TPSA) is 23.9 Å². The molecule has 1 aliphatic carbocycles. The molecule has 1 nitrogen and oxygen atoms in total. The molecule has 0 spiro atoms. The molecule has 2 rings (SSSR count). The maximum Gasteiger partial charge on any atom is 0.0530 e. The third-order valence-electron chi connectivity index (χ3n) is 2.81. The van der Waals surface area contributed by atoms with Gasteiger partial charge >= 0.3 is 0 Å². The molecular formula is C15H17NS. The van der Waals surface area contributed by atoms with E-state index < -0.39 is 0 Å². The fraction of sp³-hybridized carbons (Fsp3) is 0.267. The number of allylic oxidation sites excluding steroid dienone is 3. The highest BCUT2D eigenvalue weighted by atomic mass is 32.1. The lowest BCUT2D eigenvalue weighted by molar-refractivity contribution is 0.954. The lowest BCUT2D eigenvalue weighted by Crippen LogP contribution is -1.82. The molecule has 1 N–H and O–H groups in total. The first-order valence-electron chi connectivity index (χ1n) is 5.96. The maximum atomic E-state index is 7.50. The molecule has 1 atom stereocenters. The summed E-state index contributed by atoms with van der Waals surface area (Å²) >= 11 is 1.70. The van der Waals surface area contributed by atoms with Gasteiger partial charge in [-0.2, -0.15) is 0 Å². The molecule has 1 aromatic rings. The quantitative estimate of drug-likeness (QED) is 0.734. The van der Waals surface area contributed by atoms with Crippen LogP contribution in [-0.2, 0) is 0 Å². The highest BCUT2D eigenvalue weighted by Crippen LogP contribution is 2.33. The first-order valence-corrected chi connectivity index (χ1v) is 6.78. The van der Waals surface area contributed by atoms with Crippen LogP contribution in [0.4, 0.5) is 0 Å². The summed E-state index contributed by atoms with van der Waals surface area (Å²) in [6, 6.07) is 0. The van der Waals surface area contributed by atoms with Crippen molar-refractivity contribution in [2.75, 3.05) is 0 Å². The Kier molecular flexibility index (Phi) is 3.75. The van der Waals surface area contributed by atoms with Crippen LogP contribution in [0.2, 0.25) is 0 Å². The van der Waals surface area contributed by atoms with Crippen molar-refractivity contribution in [3.05, 3.63) is 39.1 Å². The number of fused-ring (bicyclic) bond motifs is 1. The predicted molar refractivity (Wildman–Crippen MR) is 78.8 cm³/mol. The molecule has 0 saturated heterocycles. The van der Waals surface area contributed by atoms with Crippen LogP contribution in [0.1, 0.15) is 41.1 Å². The first kappa shape index (κ1) is 12.1. The minimum absolute atomic E-state index is 0.487. The van der Waals surface area contributed by atoms with Crippen LogP contribution in [0.25, 0.3) is 18.2 Å². The second-order valence-corrected chi connectivity index (χ2v) is 5.27. The predicted octanol–water partition coefficient (Wildman–Crippen LogP) is 4.85. The second-order valence-electron chi connectivity index (χ2n) is 4.19. The Morgan fingerprint density at radius 1 is 1.35 bits per heavy atom. The van der Waals surface area contributed by atoms with E-state index in [0.29, 0.717) is 5.92 Å². The summed E-state index contributed by atoms with van der Waals surface area (Å²) in [6.45, 7) is 4.31. The van der Waals surface area contributed by atoms with E-state index in [4.69, 9.17) is 5.41 Å². The molecule has 1 unspecified atom stereocenters. The number of rotatable bonds is 3. The minimum atomic E-state index is 0.487. The number of hydrogen-bond donors (Lipinski definition) is 1. The molecule has 0 radical (unpaired) electrons. The van der Waals surface area contributed by atoms with Crippen LogP contribution in [0.3, 0.4) is 0 Å². The molecule has 1 aliphatic rings. The van der Waals surface area contributed by atoms with Crippen molar-refractivity contribution in [1.29, 1.82) is 5.41 Å². The Bertz CT molecular complexity index is 503. The highest BCUT2D eigenvalue weighted by molar-refractivity contribution is 7.15. The van der Waals surface area contributed by atoms with Crippen molar-refractivity contribution in [2.24, 2.45) is 5.92 Å². The molecule has 17 heavy (non-hydrogen) atoms. The molecule has 1 heterocycles. The third-order valence-corrected chi connectivity index (χ3v) is 3.94.